The van der Waals surface area contributed by atoms with Gasteiger partial charge in [0.2, 0.25) is 15.9 Å². The number of benzene rings is 1. The van der Waals surface area contributed by atoms with Gasteiger partial charge < -0.3 is 10.2 Å². The fraction of sp³-hybridized carbons (Fsp3) is 0.667. The molecule has 2 N–H and O–H groups in total. The summed E-state index contributed by atoms with van der Waals surface area (Å²) in [5, 5.41) is 3.29. The number of anilines is 1. The Bertz CT molecular complexity index is 822. The van der Waals surface area contributed by atoms with Gasteiger partial charge in [0.15, 0.2) is 0 Å². The van der Waals surface area contributed by atoms with Gasteiger partial charge in [-0.15, -0.1) is 0 Å². The minimum absolute atomic E-state index is 0.0864. The van der Waals surface area contributed by atoms with Crippen molar-refractivity contribution in [3.63, 3.8) is 0 Å². The number of sulfonamides is 1. The third-order valence-corrected chi connectivity index (χ3v) is 8.19. The number of piperidine rings is 1. The molecule has 0 aliphatic carbocycles. The van der Waals surface area contributed by atoms with E-state index in [0.29, 0.717) is 37.0 Å². The smallest absolute Gasteiger partial charge is 0.243 e. The van der Waals surface area contributed by atoms with Crippen LogP contribution in [0.1, 0.15) is 45.1 Å². The summed E-state index contributed by atoms with van der Waals surface area (Å²) in [6.07, 6.45) is 4.13. The van der Waals surface area contributed by atoms with Crippen LogP contribution in [-0.2, 0) is 21.2 Å². The predicted octanol–water partition coefficient (Wildman–Crippen LogP) is 3.41. The summed E-state index contributed by atoms with van der Waals surface area (Å²) in [4.78, 5) is 15.2. The van der Waals surface area contributed by atoms with E-state index in [1.54, 1.807) is 12.1 Å². The number of fused-ring (bicyclic) bond motifs is 1. The Kier molecular flexibility index (Phi) is 7.83. The van der Waals surface area contributed by atoms with Crippen molar-refractivity contribution in [1.82, 2.24) is 9.62 Å². The predicted molar refractivity (Wildman–Crippen MR) is 125 cm³/mol. The number of amides is 1. The number of carbonyl (C=O) groups excluding carboxylic acids is 1. The normalized spacial score (nSPS) is 21.3. The highest BCUT2D eigenvalue weighted by molar-refractivity contribution is 14.1. The topological polar surface area (TPSA) is 78.5 Å². The number of likely N-dealkylation sites (tertiary alicyclic amines) is 1. The lowest BCUT2D eigenvalue weighted by molar-refractivity contribution is -0.134. The molecule has 6 nitrogen and oxygen atoms in total. The van der Waals surface area contributed by atoms with E-state index in [0.717, 1.165) is 42.2 Å². The molecule has 0 spiro atoms. The van der Waals surface area contributed by atoms with Crippen LogP contribution in [0.5, 0.6) is 0 Å². The van der Waals surface area contributed by atoms with E-state index in [2.05, 4.69) is 46.5 Å². The van der Waals surface area contributed by atoms with Crippen LogP contribution in [-0.4, -0.2) is 49.3 Å². The fourth-order valence-electron chi connectivity index (χ4n) is 4.11. The summed E-state index contributed by atoms with van der Waals surface area (Å²) >= 11 is 2.27. The van der Waals surface area contributed by atoms with Gasteiger partial charge in [0.05, 0.1) is 5.69 Å². The third-order valence-electron chi connectivity index (χ3n) is 5.91. The van der Waals surface area contributed by atoms with Gasteiger partial charge in [0, 0.05) is 19.6 Å². The number of rotatable bonds is 7. The molecule has 8 heteroatoms. The van der Waals surface area contributed by atoms with Crippen LogP contribution >= 0.6 is 22.6 Å². The molecule has 0 aromatic heterocycles. The van der Waals surface area contributed by atoms with Crippen molar-refractivity contribution in [1.29, 1.82) is 0 Å². The first kappa shape index (κ1) is 22.8. The molecule has 3 rings (SSSR count). The van der Waals surface area contributed by atoms with E-state index in [4.69, 9.17) is 0 Å². The van der Waals surface area contributed by atoms with Gasteiger partial charge in [-0.05, 0) is 60.0 Å². The van der Waals surface area contributed by atoms with Crippen molar-refractivity contribution < 1.29 is 13.2 Å². The van der Waals surface area contributed by atoms with Crippen LogP contribution in [0.3, 0.4) is 0 Å². The quantitative estimate of drug-likeness (QED) is 0.416. The van der Waals surface area contributed by atoms with E-state index in [9.17, 15) is 13.2 Å². The zero-order chi connectivity index (χ0) is 21.0. The summed E-state index contributed by atoms with van der Waals surface area (Å²) in [6.45, 7) is 6.52. The molecule has 2 heterocycles. The number of nitrogens with zero attached hydrogens (tertiary/aromatic N) is 1. The Balaban J connectivity index is 1.81. The molecular formula is C21H32IN3O3S. The van der Waals surface area contributed by atoms with Gasteiger partial charge in [0.1, 0.15) is 10.9 Å². The second-order valence-corrected chi connectivity index (χ2v) is 11.3. The first-order valence-corrected chi connectivity index (χ1v) is 13.6. The minimum Gasteiger partial charge on any atom is -0.383 e. The highest BCUT2D eigenvalue weighted by Crippen LogP contribution is 2.31. The second kappa shape index (κ2) is 9.96. The van der Waals surface area contributed by atoms with Crippen LogP contribution in [0.2, 0.25) is 0 Å². The summed E-state index contributed by atoms with van der Waals surface area (Å²) in [7, 11) is -3.81. The maximum Gasteiger partial charge on any atom is 0.243 e. The molecule has 1 aromatic rings. The molecular weight excluding hydrogens is 501 g/mol. The summed E-state index contributed by atoms with van der Waals surface area (Å²) in [6, 6.07) is 4.69. The number of para-hydroxylation sites is 1. The van der Waals surface area contributed by atoms with Crippen LogP contribution in [0.4, 0.5) is 5.69 Å². The number of carbonyl (C=O) groups is 1. The zero-order valence-corrected chi connectivity index (χ0v) is 20.3. The lowest BCUT2D eigenvalue weighted by atomic mass is 9.96. The molecule has 1 unspecified atom stereocenters. The van der Waals surface area contributed by atoms with Crippen LogP contribution in [0, 0.1) is 11.8 Å². The fourth-order valence-corrected chi connectivity index (χ4v) is 6.00. The molecule has 1 saturated heterocycles. The van der Waals surface area contributed by atoms with Crippen molar-refractivity contribution in [2.75, 3.05) is 29.4 Å². The van der Waals surface area contributed by atoms with Crippen molar-refractivity contribution >= 4 is 44.2 Å². The summed E-state index contributed by atoms with van der Waals surface area (Å²) in [5.41, 5.74) is 1.71. The molecule has 2 atom stereocenters. The maximum absolute atomic E-state index is 13.3. The van der Waals surface area contributed by atoms with Crippen molar-refractivity contribution in [3.8, 4) is 0 Å². The molecule has 0 saturated carbocycles. The van der Waals surface area contributed by atoms with Gasteiger partial charge in [-0.1, -0.05) is 48.6 Å². The van der Waals surface area contributed by atoms with Gasteiger partial charge in [0.25, 0.3) is 0 Å². The van der Waals surface area contributed by atoms with Crippen molar-refractivity contribution in [3.05, 3.63) is 23.8 Å². The number of alkyl halides is 1. The van der Waals surface area contributed by atoms with E-state index < -0.39 is 16.1 Å². The van der Waals surface area contributed by atoms with Crippen molar-refractivity contribution in [2.24, 2.45) is 11.8 Å². The summed E-state index contributed by atoms with van der Waals surface area (Å²) in [5.74, 6) is 0.998. The van der Waals surface area contributed by atoms with Gasteiger partial charge >= 0.3 is 0 Å². The Morgan fingerprint density at radius 3 is 2.69 bits per heavy atom. The van der Waals surface area contributed by atoms with E-state index in [1.807, 2.05) is 11.0 Å². The first-order chi connectivity index (χ1) is 13.8. The number of halogens is 1. The third kappa shape index (κ3) is 5.64. The molecule has 2 aliphatic heterocycles. The molecule has 1 aromatic carbocycles. The van der Waals surface area contributed by atoms with E-state index >= 15 is 0 Å². The van der Waals surface area contributed by atoms with E-state index in [-0.39, 0.29) is 10.8 Å². The van der Waals surface area contributed by atoms with E-state index in [1.165, 1.54) is 0 Å². The average Bonchev–Trinajstić information content (AvgIpc) is 2.70. The Hall–Kier alpha value is -0.870. The minimum atomic E-state index is -3.81. The maximum atomic E-state index is 13.3. The highest BCUT2D eigenvalue weighted by Gasteiger charge is 2.32. The van der Waals surface area contributed by atoms with Gasteiger partial charge in [-0.2, -0.15) is 4.72 Å². The number of hydrogen-bond donors (Lipinski definition) is 2. The Labute approximate surface area is 188 Å². The molecule has 2 aliphatic rings. The molecule has 162 valence electrons. The summed E-state index contributed by atoms with van der Waals surface area (Å²) < 4.78 is 30.2. The number of hydrogen-bond acceptors (Lipinski definition) is 4. The Morgan fingerprint density at radius 1 is 1.28 bits per heavy atom. The van der Waals surface area contributed by atoms with Crippen molar-refractivity contribution in [2.45, 2.75) is 56.9 Å². The monoisotopic (exact) mass is 533 g/mol. The van der Waals surface area contributed by atoms with Crippen LogP contribution < -0.4 is 10.0 Å². The SMILES string of the molecule is CC1CCN(C(=O)[C@H](CCCI)NS(=O)(=O)c2cccc3c2NCC(C)C3)CC1. The lowest BCUT2D eigenvalue weighted by Crippen LogP contribution is -2.50. The second-order valence-electron chi connectivity index (χ2n) is 8.49. The molecule has 1 amide bonds. The zero-order valence-electron chi connectivity index (χ0n) is 17.3. The average molecular weight is 533 g/mol. The molecule has 0 radical (unpaired) electrons. The standard InChI is InChI=1S/C21H32IN3O3S/c1-15-8-11-25(12-9-15)21(26)18(6-4-10-22)24-29(27,28)19-7-3-5-17-13-16(2)14-23-20(17)19/h3,5,7,15-16,18,23-24H,4,6,8-14H2,1-2H3/t16?,18-/m0/s1. The molecule has 1 fully saturated rings. The highest BCUT2D eigenvalue weighted by atomic mass is 127. The number of nitrogens with one attached hydrogen (secondary N) is 2. The van der Waals surface area contributed by atoms with Gasteiger partial charge in [-0.25, -0.2) is 8.42 Å². The van der Waals surface area contributed by atoms with Gasteiger partial charge in [-0.3, -0.25) is 4.79 Å². The molecule has 0 bridgehead atoms. The first-order valence-electron chi connectivity index (χ1n) is 10.5. The van der Waals surface area contributed by atoms with Crippen LogP contribution in [0.15, 0.2) is 23.1 Å². The van der Waals surface area contributed by atoms with Crippen LogP contribution in [0.25, 0.3) is 0 Å². The molecule has 29 heavy (non-hydrogen) atoms. The Morgan fingerprint density at radius 2 is 2.00 bits per heavy atom. The lowest BCUT2D eigenvalue weighted by Gasteiger charge is -2.33. The largest absolute Gasteiger partial charge is 0.383 e.